The van der Waals surface area contributed by atoms with Gasteiger partial charge in [-0.05, 0) is 46.0 Å². The number of allylic oxidation sites excluding steroid dienone is 1. The molecule has 0 saturated carbocycles. The van der Waals surface area contributed by atoms with Gasteiger partial charge in [-0.15, -0.1) is 11.3 Å². The topological polar surface area (TPSA) is 106 Å². The van der Waals surface area contributed by atoms with Gasteiger partial charge in [0.15, 0.2) is 5.13 Å². The summed E-state index contributed by atoms with van der Waals surface area (Å²) in [6.07, 6.45) is 9.19. The second-order valence-corrected chi connectivity index (χ2v) is 7.45. The first-order valence-corrected chi connectivity index (χ1v) is 9.48. The molecular weight excluding hydrogens is 352 g/mol. The van der Waals surface area contributed by atoms with E-state index in [1.165, 1.54) is 36.1 Å². The summed E-state index contributed by atoms with van der Waals surface area (Å²) in [6.45, 7) is 4.47. The van der Waals surface area contributed by atoms with Crippen molar-refractivity contribution in [3.05, 3.63) is 38.7 Å². The zero-order valence-electron chi connectivity index (χ0n) is 14.9. The number of aryl methyl sites for hydroxylation is 2. The number of nitrogens with one attached hydrogen (secondary N) is 2. The number of anilines is 3. The molecule has 0 amide bonds. The fraction of sp³-hybridized carbons (Fsp3) is 0.471. The Morgan fingerprint density at radius 3 is 2.73 bits per heavy atom. The Balaban J connectivity index is 1.75. The molecule has 2 aromatic heterocycles. The van der Waals surface area contributed by atoms with E-state index in [9.17, 15) is 10.1 Å². The summed E-state index contributed by atoms with van der Waals surface area (Å²) in [4.78, 5) is 24.7. The van der Waals surface area contributed by atoms with Crippen LogP contribution < -0.4 is 10.6 Å². The van der Waals surface area contributed by atoms with Crippen LogP contribution in [0, 0.1) is 24.0 Å². The summed E-state index contributed by atoms with van der Waals surface area (Å²) in [6, 6.07) is 0. The lowest BCUT2D eigenvalue weighted by Crippen LogP contribution is -2.10. The Morgan fingerprint density at radius 2 is 2.08 bits per heavy atom. The maximum absolute atomic E-state index is 11.6. The third-order valence-electron chi connectivity index (χ3n) is 4.38. The van der Waals surface area contributed by atoms with Gasteiger partial charge >= 0.3 is 5.69 Å². The van der Waals surface area contributed by atoms with Crippen molar-refractivity contribution in [3.8, 4) is 0 Å². The predicted molar refractivity (Wildman–Crippen MR) is 103 cm³/mol. The molecule has 2 N–H and O–H groups in total. The van der Waals surface area contributed by atoms with Crippen molar-refractivity contribution in [1.82, 2.24) is 15.0 Å². The Bertz CT molecular complexity index is 813. The summed E-state index contributed by atoms with van der Waals surface area (Å²) in [5.74, 6) is 0.382. The summed E-state index contributed by atoms with van der Waals surface area (Å²) < 4.78 is 0. The first kappa shape index (κ1) is 18.2. The molecule has 0 fully saturated rings. The highest BCUT2D eigenvalue weighted by Crippen LogP contribution is 2.33. The molecule has 3 rings (SSSR count). The minimum Gasteiger partial charge on any atom is -0.364 e. The molecule has 138 valence electrons. The van der Waals surface area contributed by atoms with Crippen molar-refractivity contribution in [1.29, 1.82) is 0 Å². The van der Waals surface area contributed by atoms with Crippen LogP contribution in [-0.2, 0) is 0 Å². The monoisotopic (exact) mass is 374 g/mol. The van der Waals surface area contributed by atoms with Crippen molar-refractivity contribution in [2.45, 2.75) is 46.0 Å². The SMILES string of the molecule is Cc1nc(Nc2ncnc(NCCC3=CCCCC3)c2[N+](=O)[O-])sc1C. The lowest BCUT2D eigenvalue weighted by atomic mass is 9.97. The van der Waals surface area contributed by atoms with E-state index in [-0.39, 0.29) is 17.3 Å². The molecule has 2 heterocycles. The molecule has 1 aliphatic carbocycles. The molecule has 8 nitrogen and oxygen atoms in total. The molecular formula is C17H22N6O2S. The summed E-state index contributed by atoms with van der Waals surface area (Å²) in [5.41, 5.74) is 2.15. The van der Waals surface area contributed by atoms with Crippen LogP contribution in [0.1, 0.15) is 42.7 Å². The molecule has 1 aliphatic rings. The van der Waals surface area contributed by atoms with Crippen LogP contribution in [0.5, 0.6) is 0 Å². The smallest absolute Gasteiger partial charge is 0.353 e. The number of aromatic nitrogens is 3. The highest BCUT2D eigenvalue weighted by molar-refractivity contribution is 7.15. The first-order chi connectivity index (χ1) is 12.5. The normalized spacial score (nSPS) is 14.0. The predicted octanol–water partition coefficient (Wildman–Crippen LogP) is 4.50. The second kappa shape index (κ2) is 8.22. The molecule has 0 bridgehead atoms. The van der Waals surface area contributed by atoms with Gasteiger partial charge in [0.05, 0.1) is 10.6 Å². The Kier molecular flexibility index (Phi) is 5.77. The van der Waals surface area contributed by atoms with E-state index >= 15 is 0 Å². The molecule has 26 heavy (non-hydrogen) atoms. The van der Waals surface area contributed by atoms with Gasteiger partial charge in [-0.25, -0.2) is 15.0 Å². The fourth-order valence-corrected chi connectivity index (χ4v) is 3.69. The number of hydrogen-bond acceptors (Lipinski definition) is 8. The molecule has 0 saturated heterocycles. The van der Waals surface area contributed by atoms with Gasteiger partial charge in [0.25, 0.3) is 0 Å². The second-order valence-electron chi connectivity index (χ2n) is 6.25. The van der Waals surface area contributed by atoms with E-state index < -0.39 is 4.92 Å². The zero-order valence-corrected chi connectivity index (χ0v) is 15.7. The van der Waals surface area contributed by atoms with Crippen LogP contribution in [0.4, 0.5) is 22.5 Å². The molecule has 0 atom stereocenters. The molecule has 0 aromatic carbocycles. The van der Waals surface area contributed by atoms with E-state index in [0.29, 0.717) is 11.7 Å². The van der Waals surface area contributed by atoms with Crippen molar-refractivity contribution in [2.75, 3.05) is 17.2 Å². The summed E-state index contributed by atoms with van der Waals surface area (Å²) in [5, 5.41) is 18.2. The van der Waals surface area contributed by atoms with Crippen LogP contribution in [-0.4, -0.2) is 26.4 Å². The molecule has 0 unspecified atom stereocenters. The molecule has 0 radical (unpaired) electrons. The summed E-state index contributed by atoms with van der Waals surface area (Å²) >= 11 is 1.44. The maximum atomic E-state index is 11.6. The highest BCUT2D eigenvalue weighted by atomic mass is 32.1. The maximum Gasteiger partial charge on any atom is 0.353 e. The third-order valence-corrected chi connectivity index (χ3v) is 5.37. The summed E-state index contributed by atoms with van der Waals surface area (Å²) in [7, 11) is 0. The van der Waals surface area contributed by atoms with Gasteiger partial charge in [0.2, 0.25) is 11.6 Å². The van der Waals surface area contributed by atoms with Crippen LogP contribution in [0.2, 0.25) is 0 Å². The molecule has 0 aliphatic heterocycles. The number of rotatable bonds is 7. The van der Waals surface area contributed by atoms with Crippen molar-refractivity contribution in [3.63, 3.8) is 0 Å². The quantitative estimate of drug-likeness (QED) is 0.417. The average molecular weight is 374 g/mol. The minimum absolute atomic E-state index is 0.151. The largest absolute Gasteiger partial charge is 0.364 e. The zero-order chi connectivity index (χ0) is 18.5. The standard InChI is InChI=1S/C17H22N6O2S/c1-11-12(2)26-17(21-11)22-16-14(23(24)25)15(19-10-20-16)18-9-8-13-6-4-3-5-7-13/h6,10H,3-5,7-9H2,1-2H3,(H2,18,19,20,21,22). The van der Waals surface area contributed by atoms with Gasteiger partial charge < -0.3 is 10.6 Å². The van der Waals surface area contributed by atoms with Crippen molar-refractivity contribution >= 4 is 33.8 Å². The van der Waals surface area contributed by atoms with E-state index in [0.717, 1.165) is 29.8 Å². The Labute approximate surface area is 155 Å². The van der Waals surface area contributed by atoms with Crippen LogP contribution in [0.3, 0.4) is 0 Å². The molecule has 0 spiro atoms. The van der Waals surface area contributed by atoms with E-state index in [4.69, 9.17) is 0 Å². The van der Waals surface area contributed by atoms with Crippen molar-refractivity contribution < 1.29 is 4.92 Å². The fourth-order valence-electron chi connectivity index (χ4n) is 2.87. The number of nitro groups is 1. The lowest BCUT2D eigenvalue weighted by Gasteiger charge is -2.13. The van der Waals surface area contributed by atoms with Gasteiger partial charge in [-0.3, -0.25) is 10.1 Å². The lowest BCUT2D eigenvalue weighted by molar-refractivity contribution is -0.383. The Morgan fingerprint density at radius 1 is 1.27 bits per heavy atom. The first-order valence-electron chi connectivity index (χ1n) is 8.67. The van der Waals surface area contributed by atoms with Crippen LogP contribution in [0.15, 0.2) is 18.0 Å². The van der Waals surface area contributed by atoms with Gasteiger partial charge in [0, 0.05) is 11.4 Å². The van der Waals surface area contributed by atoms with Gasteiger partial charge in [-0.2, -0.15) is 0 Å². The minimum atomic E-state index is -0.460. The number of nitrogens with zero attached hydrogens (tertiary/aromatic N) is 4. The van der Waals surface area contributed by atoms with E-state index in [1.807, 2.05) is 13.8 Å². The highest BCUT2D eigenvalue weighted by Gasteiger charge is 2.23. The van der Waals surface area contributed by atoms with Gasteiger partial charge in [-0.1, -0.05) is 11.6 Å². The van der Waals surface area contributed by atoms with Crippen LogP contribution in [0.25, 0.3) is 0 Å². The Hall–Kier alpha value is -2.55. The van der Waals surface area contributed by atoms with Gasteiger partial charge in [0.1, 0.15) is 6.33 Å². The number of hydrogen-bond donors (Lipinski definition) is 2. The van der Waals surface area contributed by atoms with E-state index in [1.54, 1.807) is 0 Å². The molecule has 2 aromatic rings. The van der Waals surface area contributed by atoms with Crippen molar-refractivity contribution in [2.24, 2.45) is 0 Å². The average Bonchev–Trinajstić information content (AvgIpc) is 2.93. The number of thiazole rings is 1. The molecule has 9 heteroatoms. The van der Waals surface area contributed by atoms with Crippen LogP contribution >= 0.6 is 11.3 Å². The van der Waals surface area contributed by atoms with E-state index in [2.05, 4.69) is 31.7 Å². The third kappa shape index (κ3) is 4.34.